The lowest BCUT2D eigenvalue weighted by Gasteiger charge is -2.09. The van der Waals surface area contributed by atoms with Gasteiger partial charge in [0, 0.05) is 16.0 Å². The van der Waals surface area contributed by atoms with Gasteiger partial charge in [0.1, 0.15) is 5.75 Å². The van der Waals surface area contributed by atoms with Gasteiger partial charge in [0.15, 0.2) is 0 Å². The number of benzene rings is 3. The monoisotopic (exact) mass is 402 g/mol. The van der Waals surface area contributed by atoms with Crippen molar-refractivity contribution in [2.45, 2.75) is 6.92 Å². The number of fused-ring (bicyclic) bond motifs is 1. The normalized spacial score (nSPS) is 11.1. The lowest BCUT2D eigenvalue weighted by molar-refractivity contribution is 0.340. The molecule has 3 aromatic carbocycles. The van der Waals surface area contributed by atoms with Crippen LogP contribution in [0.1, 0.15) is 12.5 Å². The minimum absolute atomic E-state index is 0.417. The molecule has 1 N–H and O–H groups in total. The highest BCUT2D eigenvalue weighted by Crippen LogP contribution is 2.29. The van der Waals surface area contributed by atoms with Crippen LogP contribution in [0.5, 0.6) is 5.75 Å². The van der Waals surface area contributed by atoms with E-state index >= 15 is 0 Å². The van der Waals surface area contributed by atoms with Crippen molar-refractivity contribution in [1.82, 2.24) is 9.97 Å². The molecule has 29 heavy (non-hydrogen) atoms. The molecule has 6 heteroatoms. The molecule has 0 aliphatic rings. The molecular weight excluding hydrogens is 384 g/mol. The molecule has 0 aliphatic carbocycles. The third kappa shape index (κ3) is 4.52. The summed E-state index contributed by atoms with van der Waals surface area (Å²) < 4.78 is 5.45. The highest BCUT2D eigenvalue weighted by atomic mass is 35.5. The minimum Gasteiger partial charge on any atom is -0.494 e. The molecule has 0 atom stereocenters. The molecule has 1 aromatic heterocycles. The van der Waals surface area contributed by atoms with Crippen LogP contribution in [0.4, 0.5) is 5.95 Å². The second kappa shape index (κ2) is 8.71. The summed E-state index contributed by atoms with van der Waals surface area (Å²) in [6.07, 6.45) is 1.72. The van der Waals surface area contributed by atoms with Crippen LogP contribution in [0.3, 0.4) is 0 Å². The van der Waals surface area contributed by atoms with Crippen LogP contribution < -0.4 is 10.2 Å². The molecule has 1 heterocycles. The average molecular weight is 403 g/mol. The largest absolute Gasteiger partial charge is 0.494 e. The van der Waals surface area contributed by atoms with Gasteiger partial charge >= 0.3 is 0 Å². The van der Waals surface area contributed by atoms with Crippen LogP contribution >= 0.6 is 11.6 Å². The van der Waals surface area contributed by atoms with Crippen LogP contribution in [-0.2, 0) is 0 Å². The fourth-order valence-corrected chi connectivity index (χ4v) is 3.12. The van der Waals surface area contributed by atoms with Crippen LogP contribution in [0.2, 0.25) is 5.02 Å². The van der Waals surface area contributed by atoms with E-state index < -0.39 is 0 Å². The minimum atomic E-state index is 0.417. The topological polar surface area (TPSA) is 59.4 Å². The van der Waals surface area contributed by atoms with E-state index in [0.717, 1.165) is 33.5 Å². The molecule has 4 rings (SSSR count). The first-order valence-electron chi connectivity index (χ1n) is 9.27. The van der Waals surface area contributed by atoms with Gasteiger partial charge in [-0.2, -0.15) is 5.10 Å². The van der Waals surface area contributed by atoms with E-state index in [9.17, 15) is 0 Å². The molecule has 0 unspecified atom stereocenters. The van der Waals surface area contributed by atoms with E-state index in [1.54, 1.807) is 6.21 Å². The SMILES string of the molecule is CCOc1ccc(C=NNc2nc(-c3ccccc3)c3cc(Cl)ccc3n2)cc1. The maximum Gasteiger partial charge on any atom is 0.244 e. The molecular formula is C23H19ClN4O. The Labute approximate surface area is 174 Å². The maximum absolute atomic E-state index is 6.20. The fourth-order valence-electron chi connectivity index (χ4n) is 2.95. The van der Waals surface area contributed by atoms with Crippen molar-refractivity contribution in [1.29, 1.82) is 0 Å². The molecule has 0 radical (unpaired) electrons. The predicted octanol–water partition coefficient (Wildman–Crippen LogP) is 5.79. The van der Waals surface area contributed by atoms with E-state index in [1.165, 1.54) is 0 Å². The molecule has 4 aromatic rings. The second-order valence-corrected chi connectivity index (χ2v) is 6.73. The number of hydrogen-bond acceptors (Lipinski definition) is 5. The Morgan fingerprint density at radius 1 is 1.00 bits per heavy atom. The van der Waals surface area contributed by atoms with Gasteiger partial charge in [0.2, 0.25) is 5.95 Å². The third-order valence-corrected chi connectivity index (χ3v) is 4.51. The Morgan fingerprint density at radius 3 is 2.55 bits per heavy atom. The predicted molar refractivity (Wildman–Crippen MR) is 119 cm³/mol. The van der Waals surface area contributed by atoms with Gasteiger partial charge in [-0.25, -0.2) is 15.4 Å². The summed E-state index contributed by atoms with van der Waals surface area (Å²) >= 11 is 6.20. The fraction of sp³-hybridized carbons (Fsp3) is 0.0870. The lowest BCUT2D eigenvalue weighted by Crippen LogP contribution is -2.00. The van der Waals surface area contributed by atoms with Crippen molar-refractivity contribution in [3.8, 4) is 17.0 Å². The molecule has 144 valence electrons. The Balaban J connectivity index is 1.63. The van der Waals surface area contributed by atoms with Crippen molar-refractivity contribution >= 4 is 34.7 Å². The summed E-state index contributed by atoms with van der Waals surface area (Å²) in [5, 5.41) is 5.82. The van der Waals surface area contributed by atoms with Gasteiger partial charge in [-0.3, -0.25) is 0 Å². The molecule has 5 nitrogen and oxygen atoms in total. The zero-order valence-corrected chi connectivity index (χ0v) is 16.6. The highest BCUT2D eigenvalue weighted by Gasteiger charge is 2.10. The number of hydrogen-bond donors (Lipinski definition) is 1. The summed E-state index contributed by atoms with van der Waals surface area (Å²) in [5.41, 5.74) is 6.46. The van der Waals surface area contributed by atoms with Crippen molar-refractivity contribution in [2.24, 2.45) is 5.10 Å². The van der Waals surface area contributed by atoms with Gasteiger partial charge in [-0.15, -0.1) is 0 Å². The van der Waals surface area contributed by atoms with Gasteiger partial charge in [0.25, 0.3) is 0 Å². The summed E-state index contributed by atoms with van der Waals surface area (Å²) in [6, 6.07) is 23.2. The van der Waals surface area contributed by atoms with Crippen molar-refractivity contribution in [3.05, 3.63) is 83.4 Å². The van der Waals surface area contributed by atoms with Crippen LogP contribution in [0.15, 0.2) is 77.9 Å². The first-order chi connectivity index (χ1) is 14.2. The second-order valence-electron chi connectivity index (χ2n) is 6.30. The maximum atomic E-state index is 6.20. The number of aromatic nitrogens is 2. The smallest absolute Gasteiger partial charge is 0.244 e. The number of nitrogens with one attached hydrogen (secondary N) is 1. The molecule has 0 bridgehead atoms. The summed E-state index contributed by atoms with van der Waals surface area (Å²) in [4.78, 5) is 9.22. The quantitative estimate of drug-likeness (QED) is 0.327. The highest BCUT2D eigenvalue weighted by molar-refractivity contribution is 6.31. The number of rotatable bonds is 6. The molecule has 0 aliphatic heterocycles. The van der Waals surface area contributed by atoms with Gasteiger partial charge in [-0.1, -0.05) is 41.9 Å². The molecule has 0 spiro atoms. The van der Waals surface area contributed by atoms with Gasteiger partial charge in [0.05, 0.1) is 24.0 Å². The molecule has 0 amide bonds. The zero-order chi connectivity index (χ0) is 20.1. The number of halogens is 1. The Morgan fingerprint density at radius 2 is 1.79 bits per heavy atom. The lowest BCUT2D eigenvalue weighted by atomic mass is 10.1. The molecule has 0 fully saturated rings. The first-order valence-corrected chi connectivity index (χ1v) is 9.65. The van der Waals surface area contributed by atoms with Gasteiger partial charge < -0.3 is 4.74 Å². The zero-order valence-electron chi connectivity index (χ0n) is 15.8. The van der Waals surface area contributed by atoms with E-state index in [-0.39, 0.29) is 0 Å². The molecule has 0 saturated heterocycles. The van der Waals surface area contributed by atoms with E-state index in [1.807, 2.05) is 79.7 Å². The summed E-state index contributed by atoms with van der Waals surface area (Å²) in [5.74, 6) is 1.25. The van der Waals surface area contributed by atoms with Crippen molar-refractivity contribution in [2.75, 3.05) is 12.0 Å². The Kier molecular flexibility index (Phi) is 5.68. The number of hydrazone groups is 1. The van der Waals surface area contributed by atoms with Crippen LogP contribution in [-0.4, -0.2) is 22.8 Å². The van der Waals surface area contributed by atoms with Crippen LogP contribution in [0.25, 0.3) is 22.2 Å². The average Bonchev–Trinajstić information content (AvgIpc) is 2.75. The van der Waals surface area contributed by atoms with Crippen LogP contribution in [0, 0.1) is 0 Å². The molecule has 0 saturated carbocycles. The number of anilines is 1. The summed E-state index contributed by atoms with van der Waals surface area (Å²) in [7, 11) is 0. The third-order valence-electron chi connectivity index (χ3n) is 4.27. The Bertz CT molecular complexity index is 1140. The van der Waals surface area contributed by atoms with E-state index in [2.05, 4.69) is 20.5 Å². The van der Waals surface area contributed by atoms with Crippen molar-refractivity contribution < 1.29 is 4.74 Å². The number of nitrogens with zero attached hydrogens (tertiary/aromatic N) is 3. The number of ether oxygens (including phenoxy) is 1. The standard InChI is InChI=1S/C23H19ClN4O/c1-2-29-19-11-8-16(9-12-19)15-25-28-23-26-21-13-10-18(24)14-20(21)22(27-23)17-6-4-3-5-7-17/h3-15H,2H2,1H3,(H,26,27,28). The summed E-state index contributed by atoms with van der Waals surface area (Å²) in [6.45, 7) is 2.60. The van der Waals surface area contributed by atoms with E-state index in [4.69, 9.17) is 16.3 Å². The Hall–Kier alpha value is -3.44. The van der Waals surface area contributed by atoms with E-state index in [0.29, 0.717) is 17.6 Å². The van der Waals surface area contributed by atoms with Crippen molar-refractivity contribution in [3.63, 3.8) is 0 Å². The van der Waals surface area contributed by atoms with Gasteiger partial charge in [-0.05, 0) is 55.0 Å². The first kappa shape index (κ1) is 18.9.